The second-order valence-electron chi connectivity index (χ2n) is 5.07. The Balaban J connectivity index is 2.04. The van der Waals surface area contributed by atoms with Gasteiger partial charge in [-0.1, -0.05) is 15.9 Å². The van der Waals surface area contributed by atoms with Gasteiger partial charge in [0.1, 0.15) is 5.75 Å². The zero-order valence-corrected chi connectivity index (χ0v) is 12.1. The van der Waals surface area contributed by atoms with Gasteiger partial charge >= 0.3 is 6.18 Å². The maximum atomic E-state index is 12.2. The Morgan fingerprint density at radius 1 is 1.37 bits per heavy atom. The van der Waals surface area contributed by atoms with Gasteiger partial charge in [-0.15, -0.1) is 0 Å². The topological polar surface area (TPSA) is 21.3 Å². The minimum atomic E-state index is -4.32. The Bertz CT molecular complexity index is 458. The van der Waals surface area contributed by atoms with Crippen molar-refractivity contribution in [3.05, 3.63) is 28.2 Å². The normalized spacial score (nSPS) is 17.3. The lowest BCUT2D eigenvalue weighted by Gasteiger charge is -2.16. The summed E-state index contributed by atoms with van der Waals surface area (Å²) in [5.41, 5.74) is 0.857. The van der Waals surface area contributed by atoms with E-state index in [9.17, 15) is 13.2 Å². The molecule has 0 aromatic heterocycles. The zero-order valence-electron chi connectivity index (χ0n) is 10.5. The van der Waals surface area contributed by atoms with Crippen molar-refractivity contribution in [1.29, 1.82) is 0 Å². The van der Waals surface area contributed by atoms with Gasteiger partial charge in [0, 0.05) is 22.1 Å². The minimum absolute atomic E-state index is 0.129. The summed E-state index contributed by atoms with van der Waals surface area (Å²) in [7, 11) is 0. The monoisotopic (exact) mass is 337 g/mol. The van der Waals surface area contributed by atoms with Gasteiger partial charge in [-0.05, 0) is 38.0 Å². The predicted octanol–water partition coefficient (Wildman–Crippen LogP) is 4.03. The molecule has 0 radical (unpaired) electrons. The molecule has 0 aliphatic heterocycles. The third-order valence-corrected chi connectivity index (χ3v) is 3.61. The van der Waals surface area contributed by atoms with Crippen LogP contribution in [0, 0.1) is 0 Å². The lowest BCUT2D eigenvalue weighted by molar-refractivity contribution is -0.153. The van der Waals surface area contributed by atoms with Gasteiger partial charge < -0.3 is 10.1 Å². The van der Waals surface area contributed by atoms with E-state index in [0.717, 1.165) is 22.9 Å². The molecule has 0 heterocycles. The molecule has 1 aromatic rings. The molecule has 1 fully saturated rings. The van der Waals surface area contributed by atoms with Crippen molar-refractivity contribution in [2.45, 2.75) is 38.0 Å². The highest BCUT2D eigenvalue weighted by Gasteiger charge is 2.36. The van der Waals surface area contributed by atoms with Crippen LogP contribution in [0.15, 0.2) is 22.7 Å². The van der Waals surface area contributed by atoms with E-state index in [1.54, 1.807) is 18.2 Å². The highest BCUT2D eigenvalue weighted by molar-refractivity contribution is 9.10. The molecule has 0 amide bonds. The second-order valence-corrected chi connectivity index (χ2v) is 5.99. The molecule has 0 unspecified atom stereocenters. The van der Waals surface area contributed by atoms with Crippen LogP contribution in [0.4, 0.5) is 13.2 Å². The van der Waals surface area contributed by atoms with Gasteiger partial charge in [0.05, 0.1) is 0 Å². The quantitative estimate of drug-likeness (QED) is 0.875. The highest BCUT2D eigenvalue weighted by atomic mass is 79.9. The number of ether oxygens (including phenoxy) is 1. The van der Waals surface area contributed by atoms with Gasteiger partial charge in [-0.3, -0.25) is 0 Å². The molecule has 0 atom stereocenters. The summed E-state index contributed by atoms with van der Waals surface area (Å²) in [6.45, 7) is 1.34. The van der Waals surface area contributed by atoms with Crippen molar-refractivity contribution in [3.63, 3.8) is 0 Å². The Morgan fingerprint density at radius 2 is 2.05 bits per heavy atom. The summed E-state index contributed by atoms with van der Waals surface area (Å²) in [6, 6.07) is 5.01. The Hall–Kier alpha value is -0.750. The van der Waals surface area contributed by atoms with Crippen LogP contribution in [0.1, 0.15) is 25.3 Å². The molecule has 6 heteroatoms. The first-order valence-corrected chi connectivity index (χ1v) is 6.80. The van der Waals surface area contributed by atoms with E-state index >= 15 is 0 Å². The molecule has 1 saturated carbocycles. The predicted molar refractivity (Wildman–Crippen MR) is 70.2 cm³/mol. The lowest BCUT2D eigenvalue weighted by atomic mass is 10.2. The fourth-order valence-corrected chi connectivity index (χ4v) is 2.07. The number of benzene rings is 1. The van der Waals surface area contributed by atoms with Crippen molar-refractivity contribution in [3.8, 4) is 5.75 Å². The van der Waals surface area contributed by atoms with Crippen molar-refractivity contribution in [2.24, 2.45) is 0 Å². The average molecular weight is 338 g/mol. The first-order chi connectivity index (χ1) is 8.77. The molecular weight excluding hydrogens is 323 g/mol. The third-order valence-electron chi connectivity index (χ3n) is 3.12. The molecule has 19 heavy (non-hydrogen) atoms. The molecule has 0 saturated heterocycles. The molecule has 0 bridgehead atoms. The van der Waals surface area contributed by atoms with E-state index in [1.165, 1.54) is 0 Å². The van der Waals surface area contributed by atoms with Crippen LogP contribution in [0.3, 0.4) is 0 Å². The van der Waals surface area contributed by atoms with Gasteiger partial charge in [0.25, 0.3) is 0 Å². The highest BCUT2D eigenvalue weighted by Crippen LogP contribution is 2.35. The number of rotatable bonds is 5. The van der Waals surface area contributed by atoms with Crippen LogP contribution < -0.4 is 10.1 Å². The third kappa shape index (κ3) is 4.69. The molecule has 1 N–H and O–H groups in total. The number of nitrogens with one attached hydrogen (secondary N) is 1. The zero-order chi connectivity index (χ0) is 14.1. The lowest BCUT2D eigenvalue weighted by Crippen LogP contribution is -2.27. The van der Waals surface area contributed by atoms with Crippen molar-refractivity contribution < 1.29 is 17.9 Å². The fraction of sp³-hybridized carbons (Fsp3) is 0.538. The molecule has 1 aliphatic carbocycles. The molecule has 2 rings (SSSR count). The summed E-state index contributed by atoms with van der Waals surface area (Å²) >= 11 is 3.32. The van der Waals surface area contributed by atoms with Gasteiger partial charge in [0.15, 0.2) is 6.61 Å². The van der Waals surface area contributed by atoms with Crippen LogP contribution in [0.5, 0.6) is 5.75 Å². The van der Waals surface area contributed by atoms with Crippen molar-refractivity contribution in [2.75, 3.05) is 6.61 Å². The Morgan fingerprint density at radius 3 is 2.63 bits per heavy atom. The second kappa shape index (κ2) is 5.32. The maximum Gasteiger partial charge on any atom is 0.422 e. The maximum absolute atomic E-state index is 12.2. The van der Waals surface area contributed by atoms with E-state index in [2.05, 4.69) is 28.2 Å². The summed E-state index contributed by atoms with van der Waals surface area (Å²) in [5, 5.41) is 3.33. The molecule has 106 valence electrons. The minimum Gasteiger partial charge on any atom is -0.484 e. The molecule has 0 spiro atoms. The van der Waals surface area contributed by atoms with Crippen LogP contribution in [0.25, 0.3) is 0 Å². The molecule has 1 aromatic carbocycles. The van der Waals surface area contributed by atoms with Gasteiger partial charge in [-0.25, -0.2) is 0 Å². The summed E-state index contributed by atoms with van der Waals surface area (Å²) in [5.74, 6) is 0.275. The number of alkyl halides is 3. The summed E-state index contributed by atoms with van der Waals surface area (Å²) in [4.78, 5) is 0. The van der Waals surface area contributed by atoms with Crippen LogP contribution >= 0.6 is 15.9 Å². The van der Waals surface area contributed by atoms with Crippen LogP contribution in [-0.4, -0.2) is 18.3 Å². The van der Waals surface area contributed by atoms with E-state index in [-0.39, 0.29) is 11.3 Å². The number of hydrogen-bond donors (Lipinski definition) is 1. The van der Waals surface area contributed by atoms with Crippen LogP contribution in [0.2, 0.25) is 0 Å². The fourth-order valence-electron chi connectivity index (χ4n) is 1.66. The van der Waals surface area contributed by atoms with Crippen molar-refractivity contribution in [1.82, 2.24) is 5.32 Å². The standard InChI is InChI=1S/C13H15BrF3NO/c1-12(4-5-12)18-7-9-6-10(14)2-3-11(9)19-8-13(15,16)17/h2-3,6,18H,4-5,7-8H2,1H3. The van der Waals surface area contributed by atoms with Gasteiger partial charge in [-0.2, -0.15) is 13.2 Å². The van der Waals surface area contributed by atoms with E-state index in [1.807, 2.05) is 0 Å². The van der Waals surface area contributed by atoms with Crippen molar-refractivity contribution >= 4 is 15.9 Å². The first kappa shape index (κ1) is 14.7. The summed E-state index contributed by atoms with van der Waals surface area (Å²) < 4.78 is 42.2. The van der Waals surface area contributed by atoms with Gasteiger partial charge in [0.2, 0.25) is 0 Å². The largest absolute Gasteiger partial charge is 0.484 e. The SMILES string of the molecule is CC1(NCc2cc(Br)ccc2OCC(F)(F)F)CC1. The number of hydrogen-bond acceptors (Lipinski definition) is 2. The van der Waals surface area contributed by atoms with E-state index in [4.69, 9.17) is 4.74 Å². The Kier molecular flexibility index (Phi) is 4.11. The molecule has 1 aliphatic rings. The van der Waals surface area contributed by atoms with Crippen LogP contribution in [-0.2, 0) is 6.54 Å². The molecule has 2 nitrogen and oxygen atoms in total. The summed E-state index contributed by atoms with van der Waals surface area (Å²) in [6.07, 6.45) is -2.13. The van der Waals surface area contributed by atoms with E-state index in [0.29, 0.717) is 6.54 Å². The smallest absolute Gasteiger partial charge is 0.422 e. The average Bonchev–Trinajstić information content (AvgIpc) is 3.03. The Labute approximate surface area is 118 Å². The first-order valence-electron chi connectivity index (χ1n) is 6.00. The van der Waals surface area contributed by atoms with E-state index < -0.39 is 12.8 Å². The molecular formula is C13H15BrF3NO. The number of halogens is 4.